The molecular weight excluding hydrogens is 152 g/mol. The van der Waals surface area contributed by atoms with Crippen LogP contribution in [-0.4, -0.2) is 18.4 Å². The molecule has 1 amide bonds. The number of rotatable bonds is 0. The molecule has 1 saturated heterocycles. The topological polar surface area (TPSA) is 29.1 Å². The highest BCUT2D eigenvalue weighted by Crippen LogP contribution is 2.55. The number of hydrogen-bond acceptors (Lipinski definition) is 1. The van der Waals surface area contributed by atoms with E-state index in [2.05, 4.69) is 5.32 Å². The van der Waals surface area contributed by atoms with Gasteiger partial charge in [0.05, 0.1) is 0 Å². The van der Waals surface area contributed by atoms with Crippen LogP contribution in [0.1, 0.15) is 19.3 Å². The van der Waals surface area contributed by atoms with Gasteiger partial charge in [0.25, 0.3) is 0 Å². The molecular formula is C7H9F2NO. The van der Waals surface area contributed by atoms with Gasteiger partial charge in [0, 0.05) is 31.2 Å². The van der Waals surface area contributed by atoms with E-state index in [0.717, 1.165) is 0 Å². The molecule has 2 rings (SSSR count). The minimum Gasteiger partial charge on any atom is -0.356 e. The SMILES string of the molecule is O=C1CC2(CN1)CC(F)(F)C2. The molecule has 1 heterocycles. The fourth-order valence-electron chi connectivity index (χ4n) is 2.05. The van der Waals surface area contributed by atoms with Crippen molar-refractivity contribution >= 4 is 5.91 Å². The summed E-state index contributed by atoms with van der Waals surface area (Å²) >= 11 is 0. The highest BCUT2D eigenvalue weighted by molar-refractivity contribution is 5.79. The smallest absolute Gasteiger partial charge is 0.249 e. The van der Waals surface area contributed by atoms with Crippen LogP contribution in [0.5, 0.6) is 0 Å². The van der Waals surface area contributed by atoms with Gasteiger partial charge in [-0.05, 0) is 0 Å². The van der Waals surface area contributed by atoms with Gasteiger partial charge in [-0.3, -0.25) is 4.79 Å². The van der Waals surface area contributed by atoms with Crippen molar-refractivity contribution in [3.63, 3.8) is 0 Å². The van der Waals surface area contributed by atoms with Gasteiger partial charge in [0.2, 0.25) is 11.8 Å². The van der Waals surface area contributed by atoms with Crippen molar-refractivity contribution in [3.8, 4) is 0 Å². The van der Waals surface area contributed by atoms with E-state index in [9.17, 15) is 13.6 Å². The van der Waals surface area contributed by atoms with Gasteiger partial charge in [-0.2, -0.15) is 0 Å². The summed E-state index contributed by atoms with van der Waals surface area (Å²) in [5.41, 5.74) is -0.388. The van der Waals surface area contributed by atoms with E-state index in [1.165, 1.54) is 0 Å². The van der Waals surface area contributed by atoms with Crippen LogP contribution in [0.15, 0.2) is 0 Å². The van der Waals surface area contributed by atoms with Crippen molar-refractivity contribution in [2.45, 2.75) is 25.2 Å². The summed E-state index contributed by atoms with van der Waals surface area (Å²) in [5.74, 6) is -2.59. The molecule has 1 saturated carbocycles. The van der Waals surface area contributed by atoms with Gasteiger partial charge in [-0.1, -0.05) is 0 Å². The van der Waals surface area contributed by atoms with Crippen LogP contribution in [0.3, 0.4) is 0 Å². The fourth-order valence-corrected chi connectivity index (χ4v) is 2.05. The van der Waals surface area contributed by atoms with Crippen LogP contribution in [0.4, 0.5) is 8.78 Å². The molecule has 11 heavy (non-hydrogen) atoms. The maximum atomic E-state index is 12.4. The van der Waals surface area contributed by atoms with E-state index < -0.39 is 5.92 Å². The maximum absolute atomic E-state index is 12.4. The molecule has 0 aromatic heterocycles. The van der Waals surface area contributed by atoms with Crippen LogP contribution in [0.25, 0.3) is 0 Å². The molecule has 0 bridgehead atoms. The summed E-state index contributed by atoms with van der Waals surface area (Å²) in [6.07, 6.45) is 0.0695. The molecule has 1 spiro atoms. The van der Waals surface area contributed by atoms with E-state index in [4.69, 9.17) is 0 Å². The first-order chi connectivity index (χ1) is 5.02. The van der Waals surface area contributed by atoms with Crippen molar-refractivity contribution in [2.75, 3.05) is 6.54 Å². The summed E-state index contributed by atoms with van der Waals surface area (Å²) < 4.78 is 24.8. The molecule has 4 heteroatoms. The predicted octanol–water partition coefficient (Wildman–Crippen LogP) is 0.922. The molecule has 1 N–H and O–H groups in total. The first-order valence-electron chi connectivity index (χ1n) is 3.66. The van der Waals surface area contributed by atoms with Gasteiger partial charge >= 0.3 is 0 Å². The highest BCUT2D eigenvalue weighted by atomic mass is 19.3. The first-order valence-corrected chi connectivity index (χ1v) is 3.66. The number of amides is 1. The summed E-state index contributed by atoms with van der Waals surface area (Å²) in [6.45, 7) is 0.446. The quantitative estimate of drug-likeness (QED) is 0.562. The predicted molar refractivity (Wildman–Crippen MR) is 34.2 cm³/mol. The number of carbonyl (C=O) groups is 1. The molecule has 0 radical (unpaired) electrons. The van der Waals surface area contributed by atoms with Gasteiger partial charge in [-0.25, -0.2) is 8.78 Å². The van der Waals surface area contributed by atoms with E-state index in [-0.39, 0.29) is 24.2 Å². The number of alkyl halides is 2. The maximum Gasteiger partial charge on any atom is 0.249 e. The average Bonchev–Trinajstić information content (AvgIpc) is 2.08. The minimum absolute atomic E-state index is 0.0829. The second kappa shape index (κ2) is 1.73. The van der Waals surface area contributed by atoms with Crippen molar-refractivity contribution < 1.29 is 13.6 Å². The van der Waals surface area contributed by atoms with Gasteiger partial charge in [0.1, 0.15) is 0 Å². The van der Waals surface area contributed by atoms with Crippen molar-refractivity contribution in [1.82, 2.24) is 5.32 Å². The Labute approximate surface area is 63.0 Å². The van der Waals surface area contributed by atoms with E-state index in [1.54, 1.807) is 0 Å². The molecule has 0 aromatic rings. The lowest BCUT2D eigenvalue weighted by Crippen LogP contribution is -2.47. The van der Waals surface area contributed by atoms with Crippen LogP contribution < -0.4 is 5.32 Å². The molecule has 0 aromatic carbocycles. The van der Waals surface area contributed by atoms with Crippen molar-refractivity contribution in [2.24, 2.45) is 5.41 Å². The Hall–Kier alpha value is -0.670. The highest BCUT2D eigenvalue weighted by Gasteiger charge is 2.59. The second-order valence-corrected chi connectivity index (χ2v) is 3.66. The molecule has 1 aliphatic heterocycles. The number of halogens is 2. The van der Waals surface area contributed by atoms with Crippen LogP contribution >= 0.6 is 0 Å². The Kier molecular flexibility index (Phi) is 1.10. The third-order valence-corrected chi connectivity index (χ3v) is 2.46. The standard InChI is InChI=1S/C7H9F2NO/c8-7(9)2-6(3-7)1-5(11)10-4-6/h1-4H2,(H,10,11). The molecule has 2 fully saturated rings. The van der Waals surface area contributed by atoms with Crippen molar-refractivity contribution in [1.29, 1.82) is 0 Å². The Morgan fingerprint density at radius 1 is 1.36 bits per heavy atom. The monoisotopic (exact) mass is 161 g/mol. The zero-order valence-corrected chi connectivity index (χ0v) is 5.99. The molecule has 1 aliphatic carbocycles. The number of nitrogens with one attached hydrogen (secondary N) is 1. The van der Waals surface area contributed by atoms with Gasteiger partial charge < -0.3 is 5.32 Å². The lowest BCUT2D eigenvalue weighted by atomic mass is 9.65. The molecule has 0 unspecified atom stereocenters. The van der Waals surface area contributed by atoms with Crippen LogP contribution in [0, 0.1) is 5.41 Å². The lowest BCUT2D eigenvalue weighted by molar-refractivity contribution is -0.154. The van der Waals surface area contributed by atoms with Crippen LogP contribution in [-0.2, 0) is 4.79 Å². The van der Waals surface area contributed by atoms with E-state index in [1.807, 2.05) is 0 Å². The van der Waals surface area contributed by atoms with Gasteiger partial charge in [0.15, 0.2) is 0 Å². The van der Waals surface area contributed by atoms with Gasteiger partial charge in [-0.15, -0.1) is 0 Å². The molecule has 2 aliphatic rings. The Morgan fingerprint density at radius 2 is 2.00 bits per heavy atom. The lowest BCUT2D eigenvalue weighted by Gasteiger charge is -2.43. The molecule has 62 valence electrons. The second-order valence-electron chi connectivity index (χ2n) is 3.66. The zero-order chi connectivity index (χ0) is 8.11. The first kappa shape index (κ1) is 7.00. The van der Waals surface area contributed by atoms with Crippen molar-refractivity contribution in [3.05, 3.63) is 0 Å². The van der Waals surface area contributed by atoms with E-state index >= 15 is 0 Å². The third-order valence-electron chi connectivity index (χ3n) is 2.46. The average molecular weight is 161 g/mol. The number of carbonyl (C=O) groups excluding carboxylic acids is 1. The fraction of sp³-hybridized carbons (Fsp3) is 0.857. The Balaban J connectivity index is 2.03. The summed E-state index contributed by atoms with van der Waals surface area (Å²) in [7, 11) is 0. The third kappa shape index (κ3) is 1.01. The Bertz CT molecular complexity index is 206. The zero-order valence-electron chi connectivity index (χ0n) is 5.99. The number of hydrogen-bond donors (Lipinski definition) is 1. The largest absolute Gasteiger partial charge is 0.356 e. The minimum atomic E-state index is -2.51. The summed E-state index contributed by atoms with van der Waals surface area (Å²) in [5, 5.41) is 2.58. The summed E-state index contributed by atoms with van der Waals surface area (Å²) in [4.78, 5) is 10.7. The van der Waals surface area contributed by atoms with E-state index in [0.29, 0.717) is 13.0 Å². The summed E-state index contributed by atoms with van der Waals surface area (Å²) in [6, 6.07) is 0. The molecule has 0 atom stereocenters. The molecule has 2 nitrogen and oxygen atoms in total. The van der Waals surface area contributed by atoms with Crippen LogP contribution in [0.2, 0.25) is 0 Å². The Morgan fingerprint density at radius 3 is 2.36 bits per heavy atom. The normalized spacial score (nSPS) is 31.6.